The monoisotopic (exact) mass is 317 g/mol. The van der Waals surface area contributed by atoms with E-state index in [0.717, 1.165) is 0 Å². The largest absolute Gasteiger partial charge is 0.507 e. The number of halogens is 1. The van der Waals surface area contributed by atoms with Gasteiger partial charge in [0, 0.05) is 6.07 Å². The molecule has 3 rings (SSSR count). The third-order valence-corrected chi connectivity index (χ3v) is 3.57. The molecule has 2 aromatic carbocycles. The first-order valence-corrected chi connectivity index (χ1v) is 6.82. The third kappa shape index (κ3) is 2.35. The number of nitrogens with one attached hydrogen (secondary N) is 1. The van der Waals surface area contributed by atoms with Crippen LogP contribution in [0.2, 0.25) is 5.02 Å². The molecule has 5 nitrogen and oxygen atoms in total. The van der Waals surface area contributed by atoms with Crippen molar-refractivity contribution >= 4 is 34.2 Å². The number of aromatic hydroxyl groups is 1. The molecule has 3 aromatic rings. The van der Waals surface area contributed by atoms with Crippen LogP contribution in [0.3, 0.4) is 0 Å². The predicted octanol–water partition coefficient (Wildman–Crippen LogP) is 4.05. The highest BCUT2D eigenvalue weighted by Crippen LogP contribution is 2.37. The number of ether oxygens (including phenoxy) is 1. The minimum Gasteiger partial charge on any atom is -0.507 e. The lowest BCUT2D eigenvalue weighted by atomic mass is 10.1. The topological polar surface area (TPSA) is 71.7 Å². The summed E-state index contributed by atoms with van der Waals surface area (Å²) in [5.74, 6) is -0.511. The molecule has 0 aliphatic heterocycles. The molecule has 0 unspecified atom stereocenters. The molecular weight excluding hydrogens is 306 g/mol. The normalized spacial score (nSPS) is 10.6. The van der Waals surface area contributed by atoms with Gasteiger partial charge in [-0.1, -0.05) is 23.7 Å². The van der Waals surface area contributed by atoms with Gasteiger partial charge < -0.3 is 19.6 Å². The van der Waals surface area contributed by atoms with Crippen LogP contribution >= 0.6 is 11.6 Å². The zero-order valence-electron chi connectivity index (χ0n) is 11.6. The Morgan fingerprint density at radius 1 is 1.32 bits per heavy atom. The first-order chi connectivity index (χ1) is 10.6. The minimum atomic E-state index is -0.523. The molecule has 0 saturated heterocycles. The molecule has 1 amide bonds. The summed E-state index contributed by atoms with van der Waals surface area (Å²) in [5.41, 5.74) is 0.905. The number of phenols is 1. The van der Waals surface area contributed by atoms with Gasteiger partial charge >= 0.3 is 0 Å². The smallest absolute Gasteiger partial charge is 0.263 e. The number of fused-ring (bicyclic) bond motifs is 1. The maximum Gasteiger partial charge on any atom is 0.263 e. The van der Waals surface area contributed by atoms with Gasteiger partial charge in [0.25, 0.3) is 5.91 Å². The van der Waals surface area contributed by atoms with Crippen molar-refractivity contribution in [2.75, 3.05) is 12.4 Å². The van der Waals surface area contributed by atoms with Crippen LogP contribution in [0.25, 0.3) is 11.0 Å². The summed E-state index contributed by atoms with van der Waals surface area (Å²) in [4.78, 5) is 12.5. The number of hydrogen-bond acceptors (Lipinski definition) is 4. The number of para-hydroxylation sites is 1. The van der Waals surface area contributed by atoms with Gasteiger partial charge in [-0.25, -0.2) is 0 Å². The number of benzene rings is 2. The molecule has 1 heterocycles. The zero-order chi connectivity index (χ0) is 15.7. The number of phenolic OH excluding ortho intramolecular Hbond substituents is 1. The SMILES string of the molecule is COc1c(C(=O)Nc2ccccc2Cl)c(O)cc2occc12. The molecule has 6 heteroatoms. The molecule has 0 radical (unpaired) electrons. The Bertz CT molecular complexity index is 856. The number of anilines is 1. The molecule has 1 aromatic heterocycles. The lowest BCUT2D eigenvalue weighted by Crippen LogP contribution is -2.14. The number of furan rings is 1. The quantitative estimate of drug-likeness (QED) is 0.764. The Hall–Kier alpha value is -2.66. The standard InChI is InChI=1S/C16H12ClNO4/c1-21-15-9-6-7-22-13(9)8-12(19)14(15)16(20)18-11-5-3-2-4-10(11)17/h2-8,19H,1H3,(H,18,20). The average molecular weight is 318 g/mol. The zero-order valence-corrected chi connectivity index (χ0v) is 12.3. The van der Waals surface area contributed by atoms with E-state index < -0.39 is 5.91 Å². The van der Waals surface area contributed by atoms with Gasteiger partial charge in [0.15, 0.2) is 0 Å². The summed E-state index contributed by atoms with van der Waals surface area (Å²) in [6.45, 7) is 0. The third-order valence-electron chi connectivity index (χ3n) is 3.24. The van der Waals surface area contributed by atoms with Crippen LogP contribution in [0.4, 0.5) is 5.69 Å². The van der Waals surface area contributed by atoms with Crippen molar-refractivity contribution in [1.82, 2.24) is 0 Å². The van der Waals surface area contributed by atoms with Crippen molar-refractivity contribution in [3.8, 4) is 11.5 Å². The average Bonchev–Trinajstić information content (AvgIpc) is 2.95. The summed E-state index contributed by atoms with van der Waals surface area (Å²) in [6, 6.07) is 9.87. The molecule has 0 saturated carbocycles. The van der Waals surface area contributed by atoms with Crippen LogP contribution < -0.4 is 10.1 Å². The second-order valence-electron chi connectivity index (χ2n) is 4.57. The highest BCUT2D eigenvalue weighted by atomic mass is 35.5. The maximum atomic E-state index is 12.5. The molecule has 0 fully saturated rings. The highest BCUT2D eigenvalue weighted by Gasteiger charge is 2.22. The fourth-order valence-electron chi connectivity index (χ4n) is 2.25. The predicted molar refractivity (Wildman–Crippen MR) is 83.8 cm³/mol. The van der Waals surface area contributed by atoms with E-state index in [9.17, 15) is 9.90 Å². The lowest BCUT2D eigenvalue weighted by molar-refractivity contribution is 0.102. The van der Waals surface area contributed by atoms with Crippen molar-refractivity contribution < 1.29 is 19.1 Å². The maximum absolute atomic E-state index is 12.5. The molecule has 0 bridgehead atoms. The first kappa shape index (κ1) is 14.3. The van der Waals surface area contributed by atoms with Crippen molar-refractivity contribution in [3.05, 3.63) is 53.2 Å². The van der Waals surface area contributed by atoms with E-state index in [4.69, 9.17) is 20.8 Å². The molecule has 0 spiro atoms. The van der Waals surface area contributed by atoms with Gasteiger partial charge in [0.2, 0.25) is 0 Å². The van der Waals surface area contributed by atoms with Gasteiger partial charge in [-0.05, 0) is 18.2 Å². The second-order valence-corrected chi connectivity index (χ2v) is 4.98. The molecular formula is C16H12ClNO4. The van der Waals surface area contributed by atoms with Gasteiger partial charge in [-0.3, -0.25) is 4.79 Å². The summed E-state index contributed by atoms with van der Waals surface area (Å²) in [7, 11) is 1.42. The van der Waals surface area contributed by atoms with Gasteiger partial charge in [0.1, 0.15) is 22.6 Å². The number of hydrogen-bond donors (Lipinski definition) is 2. The van der Waals surface area contributed by atoms with E-state index in [-0.39, 0.29) is 17.1 Å². The van der Waals surface area contributed by atoms with Crippen LogP contribution in [-0.4, -0.2) is 18.1 Å². The highest BCUT2D eigenvalue weighted by molar-refractivity contribution is 6.34. The fraction of sp³-hybridized carbons (Fsp3) is 0.0625. The van der Waals surface area contributed by atoms with E-state index >= 15 is 0 Å². The number of amides is 1. The van der Waals surface area contributed by atoms with Gasteiger partial charge in [-0.15, -0.1) is 0 Å². The van der Waals surface area contributed by atoms with E-state index in [2.05, 4.69) is 5.32 Å². The van der Waals surface area contributed by atoms with Crippen LogP contribution in [-0.2, 0) is 0 Å². The molecule has 22 heavy (non-hydrogen) atoms. The van der Waals surface area contributed by atoms with Gasteiger partial charge in [-0.2, -0.15) is 0 Å². The van der Waals surface area contributed by atoms with Crippen LogP contribution in [0.5, 0.6) is 11.5 Å². The second kappa shape index (κ2) is 5.61. The van der Waals surface area contributed by atoms with Crippen molar-refractivity contribution in [2.24, 2.45) is 0 Å². The molecule has 2 N–H and O–H groups in total. The van der Waals surface area contributed by atoms with E-state index in [1.807, 2.05) is 0 Å². The van der Waals surface area contributed by atoms with Gasteiger partial charge in [0.05, 0.1) is 29.5 Å². The summed E-state index contributed by atoms with van der Waals surface area (Å²) < 4.78 is 10.5. The number of rotatable bonds is 3. The number of methoxy groups -OCH3 is 1. The Morgan fingerprint density at radius 3 is 2.82 bits per heavy atom. The van der Waals surface area contributed by atoms with Crippen molar-refractivity contribution in [2.45, 2.75) is 0 Å². The summed E-state index contributed by atoms with van der Waals surface area (Å²) in [6.07, 6.45) is 1.46. The first-order valence-electron chi connectivity index (χ1n) is 6.45. The Morgan fingerprint density at radius 2 is 2.09 bits per heavy atom. The van der Waals surface area contributed by atoms with E-state index in [0.29, 0.717) is 21.7 Å². The molecule has 0 aliphatic rings. The lowest BCUT2D eigenvalue weighted by Gasteiger charge is -2.12. The van der Waals surface area contributed by atoms with Crippen molar-refractivity contribution in [3.63, 3.8) is 0 Å². The Labute approximate surface area is 131 Å². The van der Waals surface area contributed by atoms with Crippen LogP contribution in [0, 0.1) is 0 Å². The minimum absolute atomic E-state index is 0.0244. The van der Waals surface area contributed by atoms with E-state index in [1.165, 1.54) is 19.4 Å². The molecule has 112 valence electrons. The van der Waals surface area contributed by atoms with Crippen LogP contribution in [0.1, 0.15) is 10.4 Å². The summed E-state index contributed by atoms with van der Waals surface area (Å²) in [5, 5.41) is 13.8. The number of carbonyl (C=O) groups excluding carboxylic acids is 1. The fourth-order valence-corrected chi connectivity index (χ4v) is 2.43. The summed E-state index contributed by atoms with van der Waals surface area (Å²) >= 11 is 6.02. The van der Waals surface area contributed by atoms with Crippen LogP contribution in [0.15, 0.2) is 47.1 Å². The number of carbonyl (C=O) groups is 1. The molecule has 0 aliphatic carbocycles. The van der Waals surface area contributed by atoms with E-state index in [1.54, 1.807) is 30.3 Å². The molecule has 0 atom stereocenters. The Kier molecular flexibility index (Phi) is 3.65. The van der Waals surface area contributed by atoms with Crippen molar-refractivity contribution in [1.29, 1.82) is 0 Å². The Balaban J connectivity index is 2.07.